The van der Waals surface area contributed by atoms with E-state index in [-0.39, 0.29) is 18.3 Å². The van der Waals surface area contributed by atoms with Crippen LogP contribution < -0.4 is 14.2 Å². The van der Waals surface area contributed by atoms with E-state index in [4.69, 9.17) is 14.2 Å². The molecule has 0 spiro atoms. The summed E-state index contributed by atoms with van der Waals surface area (Å²) in [7, 11) is 3.26. The zero-order valence-electron chi connectivity index (χ0n) is 13.7. The first-order valence-corrected chi connectivity index (χ1v) is 7.47. The van der Waals surface area contributed by atoms with Crippen molar-refractivity contribution in [2.75, 3.05) is 33.9 Å². The number of amides is 1. The molecule has 0 unspecified atom stereocenters. The second-order valence-electron chi connectivity index (χ2n) is 5.08. The van der Waals surface area contributed by atoms with Gasteiger partial charge in [0.25, 0.3) is 5.91 Å². The minimum Gasteiger partial charge on any atom is -0.497 e. The van der Waals surface area contributed by atoms with Crippen LogP contribution in [0, 0.1) is 5.82 Å². The van der Waals surface area contributed by atoms with Crippen molar-refractivity contribution in [3.8, 4) is 17.2 Å². The third-order valence-corrected chi connectivity index (χ3v) is 3.36. The van der Waals surface area contributed by atoms with Crippen molar-refractivity contribution in [3.63, 3.8) is 0 Å². The number of carbonyl (C=O) groups is 1. The number of methoxy groups -OCH3 is 1. The van der Waals surface area contributed by atoms with Gasteiger partial charge in [0, 0.05) is 7.05 Å². The number of carbonyl (C=O) groups excluding carboxylic acids is 1. The lowest BCUT2D eigenvalue weighted by molar-refractivity contribution is -0.132. The van der Waals surface area contributed by atoms with Crippen LogP contribution in [0.25, 0.3) is 0 Å². The third-order valence-electron chi connectivity index (χ3n) is 3.36. The summed E-state index contributed by atoms with van der Waals surface area (Å²) in [6.45, 7) is 0.665. The zero-order valence-corrected chi connectivity index (χ0v) is 13.7. The van der Waals surface area contributed by atoms with Gasteiger partial charge >= 0.3 is 0 Å². The fourth-order valence-electron chi connectivity index (χ4n) is 1.88. The first-order chi connectivity index (χ1) is 11.6. The summed E-state index contributed by atoms with van der Waals surface area (Å²) in [4.78, 5) is 13.5. The van der Waals surface area contributed by atoms with Gasteiger partial charge in [0.2, 0.25) is 0 Å². The lowest BCUT2D eigenvalue weighted by Gasteiger charge is -2.18. The van der Waals surface area contributed by atoms with Crippen molar-refractivity contribution in [3.05, 3.63) is 54.3 Å². The minimum absolute atomic E-state index is 0.0562. The van der Waals surface area contributed by atoms with Crippen LogP contribution in [0.2, 0.25) is 0 Å². The molecule has 5 nitrogen and oxygen atoms in total. The van der Waals surface area contributed by atoms with E-state index in [1.165, 1.54) is 17.0 Å². The molecule has 2 aromatic rings. The van der Waals surface area contributed by atoms with Crippen LogP contribution in [0.15, 0.2) is 48.5 Å². The number of rotatable bonds is 8. The van der Waals surface area contributed by atoms with E-state index < -0.39 is 0 Å². The number of nitrogens with zero attached hydrogens (tertiary/aromatic N) is 1. The molecule has 0 saturated heterocycles. The van der Waals surface area contributed by atoms with Gasteiger partial charge in [0.1, 0.15) is 29.7 Å². The lowest BCUT2D eigenvalue weighted by atomic mass is 10.3. The molecule has 2 aromatic carbocycles. The quantitative estimate of drug-likeness (QED) is 0.745. The summed E-state index contributed by atoms with van der Waals surface area (Å²) in [6.07, 6.45) is 0. The maximum atomic E-state index is 12.8. The highest BCUT2D eigenvalue weighted by atomic mass is 19.1. The molecule has 0 aromatic heterocycles. The Morgan fingerprint density at radius 2 is 1.50 bits per heavy atom. The van der Waals surface area contributed by atoms with Crippen LogP contribution in [0.3, 0.4) is 0 Å². The van der Waals surface area contributed by atoms with Crippen LogP contribution in [0.1, 0.15) is 0 Å². The molecule has 6 heteroatoms. The molecule has 1 amide bonds. The number of likely N-dealkylation sites (N-methyl/N-ethyl adjacent to an activating group) is 1. The molecule has 0 heterocycles. The number of ether oxygens (including phenoxy) is 3. The van der Waals surface area contributed by atoms with Gasteiger partial charge in [-0.05, 0) is 48.5 Å². The topological polar surface area (TPSA) is 48.0 Å². The summed E-state index contributed by atoms with van der Waals surface area (Å²) < 4.78 is 28.7. The molecule has 0 aliphatic heterocycles. The lowest BCUT2D eigenvalue weighted by Crippen LogP contribution is -2.34. The standard InChI is InChI=1S/C18H20FNO4/c1-20(11-12-23-16-5-3-14(19)4-6-16)18(21)13-24-17-9-7-15(22-2)8-10-17/h3-10H,11-13H2,1-2H3. The van der Waals surface area contributed by atoms with Crippen molar-refractivity contribution in [2.24, 2.45) is 0 Å². The minimum atomic E-state index is -0.315. The Kier molecular flexibility index (Phi) is 6.42. The van der Waals surface area contributed by atoms with Gasteiger partial charge in [-0.2, -0.15) is 0 Å². The van der Waals surface area contributed by atoms with E-state index in [0.29, 0.717) is 24.7 Å². The molecule has 0 radical (unpaired) electrons. The van der Waals surface area contributed by atoms with Crippen molar-refractivity contribution in [1.29, 1.82) is 0 Å². The highest BCUT2D eigenvalue weighted by Gasteiger charge is 2.10. The number of hydrogen-bond acceptors (Lipinski definition) is 4. The monoisotopic (exact) mass is 333 g/mol. The van der Waals surface area contributed by atoms with Gasteiger partial charge in [0.05, 0.1) is 13.7 Å². The molecule has 0 fully saturated rings. The predicted molar refractivity (Wildman–Crippen MR) is 88.0 cm³/mol. The molecule has 128 valence electrons. The Morgan fingerprint density at radius 3 is 2.12 bits per heavy atom. The van der Waals surface area contributed by atoms with Crippen LogP contribution in [0.5, 0.6) is 17.2 Å². The summed E-state index contributed by atoms with van der Waals surface area (Å²) in [5.41, 5.74) is 0. The van der Waals surface area contributed by atoms with Crippen LogP contribution in [-0.4, -0.2) is 44.7 Å². The summed E-state index contributed by atoms with van der Waals surface area (Å²) in [6, 6.07) is 12.8. The molecule has 0 atom stereocenters. The van der Waals surface area contributed by atoms with Crippen molar-refractivity contribution < 1.29 is 23.4 Å². The molecular formula is C18H20FNO4. The molecule has 0 aliphatic rings. The number of benzene rings is 2. The van der Waals surface area contributed by atoms with E-state index in [1.807, 2.05) is 0 Å². The average Bonchev–Trinajstić information content (AvgIpc) is 2.61. The van der Waals surface area contributed by atoms with E-state index >= 15 is 0 Å². The van der Waals surface area contributed by atoms with Crippen LogP contribution >= 0.6 is 0 Å². The molecule has 0 bridgehead atoms. The van der Waals surface area contributed by atoms with Gasteiger partial charge in [-0.3, -0.25) is 4.79 Å². The zero-order chi connectivity index (χ0) is 17.4. The van der Waals surface area contributed by atoms with E-state index in [2.05, 4.69) is 0 Å². The fraction of sp³-hybridized carbons (Fsp3) is 0.278. The van der Waals surface area contributed by atoms with Gasteiger partial charge in [-0.15, -0.1) is 0 Å². The second-order valence-corrected chi connectivity index (χ2v) is 5.08. The molecule has 24 heavy (non-hydrogen) atoms. The Morgan fingerprint density at radius 1 is 0.958 bits per heavy atom. The SMILES string of the molecule is COc1ccc(OCC(=O)N(C)CCOc2ccc(F)cc2)cc1. The Balaban J connectivity index is 1.70. The fourth-order valence-corrected chi connectivity index (χ4v) is 1.88. The van der Waals surface area contributed by atoms with Gasteiger partial charge < -0.3 is 19.1 Å². The van der Waals surface area contributed by atoms with Crippen molar-refractivity contribution >= 4 is 5.91 Å². The Bertz CT molecular complexity index is 643. The molecule has 2 rings (SSSR count). The molecule has 0 aliphatic carbocycles. The second kappa shape index (κ2) is 8.76. The van der Waals surface area contributed by atoms with Crippen molar-refractivity contribution in [1.82, 2.24) is 4.90 Å². The largest absolute Gasteiger partial charge is 0.497 e. The first kappa shape index (κ1) is 17.6. The summed E-state index contributed by atoms with van der Waals surface area (Å²) >= 11 is 0. The maximum absolute atomic E-state index is 12.8. The molecule has 0 saturated carbocycles. The summed E-state index contributed by atoms with van der Waals surface area (Å²) in [5.74, 6) is 1.41. The van der Waals surface area contributed by atoms with E-state index in [9.17, 15) is 9.18 Å². The average molecular weight is 333 g/mol. The van der Waals surface area contributed by atoms with E-state index in [1.54, 1.807) is 50.6 Å². The van der Waals surface area contributed by atoms with Gasteiger partial charge in [0.15, 0.2) is 6.61 Å². The highest BCUT2D eigenvalue weighted by molar-refractivity contribution is 5.77. The molecule has 0 N–H and O–H groups in total. The number of hydrogen-bond donors (Lipinski definition) is 0. The Labute approximate surface area is 140 Å². The molecular weight excluding hydrogens is 313 g/mol. The first-order valence-electron chi connectivity index (χ1n) is 7.47. The summed E-state index contributed by atoms with van der Waals surface area (Å²) in [5, 5.41) is 0. The van der Waals surface area contributed by atoms with E-state index in [0.717, 1.165) is 5.75 Å². The number of halogens is 1. The normalized spacial score (nSPS) is 10.1. The van der Waals surface area contributed by atoms with Crippen LogP contribution in [-0.2, 0) is 4.79 Å². The van der Waals surface area contributed by atoms with Gasteiger partial charge in [-0.25, -0.2) is 4.39 Å². The smallest absolute Gasteiger partial charge is 0.260 e. The highest BCUT2D eigenvalue weighted by Crippen LogP contribution is 2.17. The Hall–Kier alpha value is -2.76. The third kappa shape index (κ3) is 5.46. The maximum Gasteiger partial charge on any atom is 0.260 e. The van der Waals surface area contributed by atoms with Crippen LogP contribution in [0.4, 0.5) is 4.39 Å². The predicted octanol–water partition coefficient (Wildman–Crippen LogP) is 2.75. The van der Waals surface area contributed by atoms with Crippen molar-refractivity contribution in [2.45, 2.75) is 0 Å². The van der Waals surface area contributed by atoms with Gasteiger partial charge in [-0.1, -0.05) is 0 Å².